The Morgan fingerprint density at radius 3 is 2.50 bits per heavy atom. The first-order valence-corrected chi connectivity index (χ1v) is 5.96. The van der Waals surface area contributed by atoms with E-state index in [2.05, 4.69) is 4.98 Å². The third-order valence-electron chi connectivity index (χ3n) is 2.85. The molecule has 2 aromatic rings. The Kier molecular flexibility index (Phi) is 4.20. The summed E-state index contributed by atoms with van der Waals surface area (Å²) in [5, 5.41) is 0. The average Bonchev–Trinajstić information content (AvgIpc) is 2.53. The van der Waals surface area contributed by atoms with Crippen molar-refractivity contribution in [3.63, 3.8) is 0 Å². The van der Waals surface area contributed by atoms with E-state index in [1.807, 2.05) is 12.1 Å². The Morgan fingerprint density at radius 1 is 1.05 bits per heavy atom. The molecule has 0 fully saturated rings. The van der Waals surface area contributed by atoms with Crippen molar-refractivity contribution < 1.29 is 19.0 Å². The molecule has 0 bridgehead atoms. The van der Waals surface area contributed by atoms with Gasteiger partial charge in [0.1, 0.15) is 0 Å². The Morgan fingerprint density at radius 2 is 1.85 bits per heavy atom. The number of hydrogen-bond acceptors (Lipinski definition) is 5. The van der Waals surface area contributed by atoms with E-state index < -0.39 is 0 Å². The molecule has 1 aromatic heterocycles. The first-order chi connectivity index (χ1) is 9.69. The zero-order chi connectivity index (χ0) is 14.5. The monoisotopic (exact) mass is 273 g/mol. The van der Waals surface area contributed by atoms with E-state index >= 15 is 0 Å². The van der Waals surface area contributed by atoms with Gasteiger partial charge in [-0.1, -0.05) is 12.1 Å². The predicted molar refractivity (Wildman–Crippen MR) is 74.1 cm³/mol. The number of ether oxygens (including phenoxy) is 3. The minimum atomic E-state index is -0.375. The van der Waals surface area contributed by atoms with Gasteiger partial charge in [0, 0.05) is 11.8 Å². The minimum Gasteiger partial charge on any atom is -0.491 e. The summed E-state index contributed by atoms with van der Waals surface area (Å²) in [5.74, 6) is 0.578. The fourth-order valence-corrected chi connectivity index (χ4v) is 1.83. The average molecular weight is 273 g/mol. The molecule has 2 rings (SSSR count). The number of methoxy groups -OCH3 is 3. The molecule has 0 atom stereocenters. The van der Waals surface area contributed by atoms with Gasteiger partial charge in [-0.3, -0.25) is 0 Å². The van der Waals surface area contributed by atoms with Gasteiger partial charge < -0.3 is 14.2 Å². The molecule has 0 unspecified atom stereocenters. The number of carbonyl (C=O) groups excluding carboxylic acids is 1. The number of carbonyl (C=O) groups is 1. The van der Waals surface area contributed by atoms with E-state index in [1.54, 1.807) is 31.5 Å². The zero-order valence-electron chi connectivity index (χ0n) is 11.5. The summed E-state index contributed by atoms with van der Waals surface area (Å²) in [5.41, 5.74) is 2.16. The molecule has 5 nitrogen and oxygen atoms in total. The number of benzene rings is 1. The molecule has 0 aliphatic rings. The van der Waals surface area contributed by atoms with E-state index in [9.17, 15) is 4.79 Å². The van der Waals surface area contributed by atoms with Crippen LogP contribution >= 0.6 is 0 Å². The number of hydrogen-bond donors (Lipinski definition) is 0. The molecular formula is C15H15NO4. The topological polar surface area (TPSA) is 57.7 Å². The SMILES string of the molecule is COC(=O)c1cccc(-c2cnc(OC)c(OC)c2)c1. The maximum Gasteiger partial charge on any atom is 0.337 e. The van der Waals surface area contributed by atoms with E-state index in [1.165, 1.54) is 14.2 Å². The zero-order valence-corrected chi connectivity index (χ0v) is 11.5. The van der Waals surface area contributed by atoms with Crippen LogP contribution < -0.4 is 9.47 Å². The lowest BCUT2D eigenvalue weighted by Crippen LogP contribution is -2.01. The molecule has 20 heavy (non-hydrogen) atoms. The van der Waals surface area contributed by atoms with Crippen molar-refractivity contribution in [3.8, 4) is 22.8 Å². The van der Waals surface area contributed by atoms with Crippen molar-refractivity contribution in [1.29, 1.82) is 0 Å². The van der Waals surface area contributed by atoms with Crippen LogP contribution in [-0.2, 0) is 4.74 Å². The van der Waals surface area contributed by atoms with Crippen molar-refractivity contribution in [2.75, 3.05) is 21.3 Å². The van der Waals surface area contributed by atoms with E-state index in [4.69, 9.17) is 14.2 Å². The van der Waals surface area contributed by atoms with Crippen molar-refractivity contribution in [2.24, 2.45) is 0 Å². The fourth-order valence-electron chi connectivity index (χ4n) is 1.83. The molecule has 104 valence electrons. The molecule has 5 heteroatoms. The summed E-state index contributed by atoms with van der Waals surface area (Å²) in [6, 6.07) is 8.92. The maximum atomic E-state index is 11.5. The number of aromatic nitrogens is 1. The normalized spacial score (nSPS) is 9.95. The van der Waals surface area contributed by atoms with Crippen LogP contribution in [0.25, 0.3) is 11.1 Å². The third-order valence-corrected chi connectivity index (χ3v) is 2.85. The minimum absolute atomic E-state index is 0.375. The quantitative estimate of drug-likeness (QED) is 0.801. The van der Waals surface area contributed by atoms with Crippen LogP contribution in [0.4, 0.5) is 0 Å². The molecular weight excluding hydrogens is 258 g/mol. The molecule has 1 heterocycles. The van der Waals surface area contributed by atoms with Gasteiger partial charge in [-0.2, -0.15) is 0 Å². The molecule has 0 saturated heterocycles. The Labute approximate surface area is 117 Å². The molecule has 1 aromatic carbocycles. The van der Waals surface area contributed by atoms with Gasteiger partial charge in [-0.15, -0.1) is 0 Å². The van der Waals surface area contributed by atoms with Crippen molar-refractivity contribution in [1.82, 2.24) is 4.98 Å². The largest absolute Gasteiger partial charge is 0.491 e. The lowest BCUT2D eigenvalue weighted by Gasteiger charge is -2.09. The highest BCUT2D eigenvalue weighted by atomic mass is 16.5. The fraction of sp³-hybridized carbons (Fsp3) is 0.200. The predicted octanol–water partition coefficient (Wildman–Crippen LogP) is 2.55. The van der Waals surface area contributed by atoms with Crippen molar-refractivity contribution in [3.05, 3.63) is 42.1 Å². The van der Waals surface area contributed by atoms with Gasteiger partial charge in [0.05, 0.1) is 26.9 Å². The second-order valence-corrected chi connectivity index (χ2v) is 4.01. The first-order valence-electron chi connectivity index (χ1n) is 5.96. The maximum absolute atomic E-state index is 11.5. The summed E-state index contributed by atoms with van der Waals surface area (Å²) in [4.78, 5) is 15.7. The number of nitrogens with zero attached hydrogens (tertiary/aromatic N) is 1. The Balaban J connectivity index is 2.43. The Hall–Kier alpha value is -2.56. The third kappa shape index (κ3) is 2.71. The lowest BCUT2D eigenvalue weighted by atomic mass is 10.0. The number of pyridine rings is 1. The molecule has 0 N–H and O–H groups in total. The van der Waals surface area contributed by atoms with Crippen molar-refractivity contribution >= 4 is 5.97 Å². The van der Waals surface area contributed by atoms with Crippen LogP contribution in [0.1, 0.15) is 10.4 Å². The van der Waals surface area contributed by atoms with Crippen LogP contribution in [0, 0.1) is 0 Å². The lowest BCUT2D eigenvalue weighted by molar-refractivity contribution is 0.0601. The van der Waals surface area contributed by atoms with Crippen LogP contribution in [0.2, 0.25) is 0 Å². The van der Waals surface area contributed by atoms with Gasteiger partial charge in [-0.05, 0) is 23.8 Å². The van der Waals surface area contributed by atoms with Gasteiger partial charge in [0.2, 0.25) is 0 Å². The standard InChI is InChI=1S/C15H15NO4/c1-18-13-8-12(9-16-14(13)19-2)10-5-4-6-11(7-10)15(17)20-3/h4-9H,1-3H3. The molecule has 0 amide bonds. The van der Waals surface area contributed by atoms with Crippen LogP contribution in [0.3, 0.4) is 0 Å². The van der Waals surface area contributed by atoms with E-state index in [0.717, 1.165) is 11.1 Å². The van der Waals surface area contributed by atoms with Crippen LogP contribution in [-0.4, -0.2) is 32.3 Å². The summed E-state index contributed by atoms with van der Waals surface area (Å²) in [7, 11) is 4.43. The summed E-state index contributed by atoms with van der Waals surface area (Å²) < 4.78 is 15.0. The van der Waals surface area contributed by atoms with Gasteiger partial charge in [0.15, 0.2) is 5.75 Å². The second kappa shape index (κ2) is 6.06. The van der Waals surface area contributed by atoms with Crippen molar-refractivity contribution in [2.45, 2.75) is 0 Å². The molecule has 0 spiro atoms. The van der Waals surface area contributed by atoms with Gasteiger partial charge in [-0.25, -0.2) is 9.78 Å². The highest BCUT2D eigenvalue weighted by Gasteiger charge is 2.10. The molecule has 0 saturated carbocycles. The first kappa shape index (κ1) is 13.9. The molecule has 0 radical (unpaired) electrons. The second-order valence-electron chi connectivity index (χ2n) is 4.01. The van der Waals surface area contributed by atoms with Crippen LogP contribution in [0.15, 0.2) is 36.5 Å². The van der Waals surface area contributed by atoms with E-state index in [0.29, 0.717) is 17.2 Å². The van der Waals surface area contributed by atoms with Crippen LogP contribution in [0.5, 0.6) is 11.6 Å². The summed E-state index contributed by atoms with van der Waals surface area (Å²) in [6.45, 7) is 0. The number of esters is 1. The van der Waals surface area contributed by atoms with Gasteiger partial charge in [0.25, 0.3) is 5.88 Å². The smallest absolute Gasteiger partial charge is 0.337 e. The van der Waals surface area contributed by atoms with E-state index in [-0.39, 0.29) is 5.97 Å². The number of rotatable bonds is 4. The summed E-state index contributed by atoms with van der Waals surface area (Å²) in [6.07, 6.45) is 1.66. The Bertz CT molecular complexity index is 625. The highest BCUT2D eigenvalue weighted by Crippen LogP contribution is 2.30. The molecule has 0 aliphatic heterocycles. The highest BCUT2D eigenvalue weighted by molar-refractivity contribution is 5.91. The molecule has 0 aliphatic carbocycles. The van der Waals surface area contributed by atoms with Gasteiger partial charge >= 0.3 is 5.97 Å². The summed E-state index contributed by atoms with van der Waals surface area (Å²) >= 11 is 0.